The van der Waals surface area contributed by atoms with Crippen LogP contribution in [0.5, 0.6) is 0 Å². The van der Waals surface area contributed by atoms with Crippen LogP contribution in [0.4, 0.5) is 22.7 Å². The lowest BCUT2D eigenvalue weighted by atomic mass is 9.82. The Labute approximate surface area is 300 Å². The number of benzene rings is 5. The Morgan fingerprint density at radius 2 is 0.878 bits per heavy atom. The second-order valence-corrected chi connectivity index (χ2v) is 10.6. The summed E-state index contributed by atoms with van der Waals surface area (Å²) in [6, 6.07) is 42.2. The van der Waals surface area contributed by atoms with E-state index in [1.807, 2.05) is 47.6 Å². The maximum atomic E-state index is 4.25. The maximum absolute atomic E-state index is 4.25. The van der Waals surface area contributed by atoms with Crippen molar-refractivity contribution in [1.29, 1.82) is 0 Å². The van der Waals surface area contributed by atoms with Crippen molar-refractivity contribution in [2.45, 2.75) is 75.2 Å². The Kier molecular flexibility index (Phi) is 21.6. The average molecular weight is 664 g/mol. The molecule has 0 aliphatic carbocycles. The molecule has 0 fully saturated rings. The maximum Gasteiger partial charge on any atom is 0.0464 e. The van der Waals surface area contributed by atoms with E-state index < -0.39 is 0 Å². The molecular weight excluding hydrogens is 599 g/mol. The molecule has 0 saturated carbocycles. The monoisotopic (exact) mass is 664 g/mol. The number of hydrogen-bond donors (Lipinski definition) is 1. The van der Waals surface area contributed by atoms with E-state index in [0.29, 0.717) is 0 Å². The van der Waals surface area contributed by atoms with E-state index in [0.717, 1.165) is 37.6 Å². The molecule has 0 radical (unpaired) electrons. The van der Waals surface area contributed by atoms with Crippen LogP contribution in [0.15, 0.2) is 115 Å². The third-order valence-corrected chi connectivity index (χ3v) is 8.03. The molecule has 0 aliphatic heterocycles. The normalized spacial score (nSPS) is 9.82. The fourth-order valence-electron chi connectivity index (χ4n) is 5.84. The van der Waals surface area contributed by atoms with Crippen LogP contribution in [0.1, 0.15) is 91.8 Å². The van der Waals surface area contributed by atoms with Gasteiger partial charge in [0.05, 0.1) is 0 Å². The van der Waals surface area contributed by atoms with Crippen molar-refractivity contribution in [2.75, 3.05) is 55.5 Å². The minimum atomic E-state index is 0.118. The Hall–Kier alpha value is -4.28. The summed E-state index contributed by atoms with van der Waals surface area (Å²) in [6.07, 6.45) is 0. The highest BCUT2D eigenvalue weighted by atomic mass is 16.4. The zero-order valence-electron chi connectivity index (χ0n) is 32.7. The number of nitrogens with one attached hydrogen (secondary N) is 1. The van der Waals surface area contributed by atoms with Gasteiger partial charge in [0.25, 0.3) is 0 Å². The standard InChI is InChI=1S/C37H41N3.C2H6O.3C2H6/c1-5-39(6-2)31-22-18-28(19-23-31)37(29-20-24-32(25-21-29)40(7-3)8-4)35-26-27-36(34-17-13-12-16-33(34)35)38-30-14-10-9-11-15-30;1-3-2;3*1-2/h9-27,37-38H,5-8H2,1-4H3;1-2H3;3*1-2H3. The molecule has 0 heterocycles. The van der Waals surface area contributed by atoms with Gasteiger partial charge in [0.2, 0.25) is 0 Å². The van der Waals surface area contributed by atoms with Crippen LogP contribution in [0.2, 0.25) is 0 Å². The molecule has 266 valence electrons. The van der Waals surface area contributed by atoms with Gasteiger partial charge in [0.15, 0.2) is 0 Å². The van der Waals surface area contributed by atoms with Gasteiger partial charge in [-0.3, -0.25) is 0 Å². The van der Waals surface area contributed by atoms with E-state index in [-0.39, 0.29) is 5.92 Å². The van der Waals surface area contributed by atoms with Crippen LogP contribution in [0.25, 0.3) is 10.8 Å². The van der Waals surface area contributed by atoms with Gasteiger partial charge in [0.1, 0.15) is 0 Å². The van der Waals surface area contributed by atoms with E-state index >= 15 is 0 Å². The van der Waals surface area contributed by atoms with Gasteiger partial charge < -0.3 is 19.9 Å². The van der Waals surface area contributed by atoms with E-state index in [1.165, 1.54) is 38.8 Å². The predicted octanol–water partition coefficient (Wildman–Crippen LogP) is 12.8. The SMILES string of the molecule is CC.CC.CC.CCN(CC)c1ccc(C(c2ccc(N(CC)CC)cc2)c2ccc(Nc3ccccc3)c3ccccc23)cc1.COC. The second-order valence-electron chi connectivity index (χ2n) is 10.6. The summed E-state index contributed by atoms with van der Waals surface area (Å²) in [6.45, 7) is 24.9. The van der Waals surface area contributed by atoms with Crippen molar-refractivity contribution in [3.63, 3.8) is 0 Å². The highest BCUT2D eigenvalue weighted by molar-refractivity contribution is 5.98. The number of rotatable bonds is 11. The zero-order chi connectivity index (χ0) is 36.6. The van der Waals surface area contributed by atoms with Crippen LogP contribution < -0.4 is 15.1 Å². The number of para-hydroxylation sites is 1. The molecule has 4 nitrogen and oxygen atoms in total. The Morgan fingerprint density at radius 3 is 1.29 bits per heavy atom. The molecule has 0 atom stereocenters. The van der Waals surface area contributed by atoms with Crippen molar-refractivity contribution in [1.82, 2.24) is 0 Å². The summed E-state index contributed by atoms with van der Waals surface area (Å²) >= 11 is 0. The lowest BCUT2D eigenvalue weighted by Gasteiger charge is -2.26. The fourth-order valence-corrected chi connectivity index (χ4v) is 5.84. The summed E-state index contributed by atoms with van der Waals surface area (Å²) in [5.74, 6) is 0.118. The molecule has 1 N–H and O–H groups in total. The highest BCUT2D eigenvalue weighted by Gasteiger charge is 2.21. The lowest BCUT2D eigenvalue weighted by Crippen LogP contribution is -2.22. The first-order valence-corrected chi connectivity index (χ1v) is 18.5. The Bertz CT molecular complexity index is 1470. The first-order chi connectivity index (χ1) is 24.1. The van der Waals surface area contributed by atoms with Crippen molar-refractivity contribution < 1.29 is 4.74 Å². The summed E-state index contributed by atoms with van der Waals surface area (Å²) in [5.41, 5.74) is 8.70. The van der Waals surface area contributed by atoms with Crippen LogP contribution in [0.3, 0.4) is 0 Å². The summed E-state index contributed by atoms with van der Waals surface area (Å²) in [4.78, 5) is 4.80. The number of fused-ring (bicyclic) bond motifs is 1. The molecule has 5 aromatic carbocycles. The molecule has 0 bridgehead atoms. The largest absolute Gasteiger partial charge is 0.388 e. The van der Waals surface area contributed by atoms with E-state index in [2.05, 4.69) is 157 Å². The minimum Gasteiger partial charge on any atom is -0.388 e. The van der Waals surface area contributed by atoms with Gasteiger partial charge in [-0.2, -0.15) is 0 Å². The molecule has 49 heavy (non-hydrogen) atoms. The van der Waals surface area contributed by atoms with E-state index in [4.69, 9.17) is 0 Å². The number of hydrogen-bond acceptors (Lipinski definition) is 4. The third kappa shape index (κ3) is 12.0. The predicted molar refractivity (Wildman–Crippen MR) is 222 cm³/mol. The second kappa shape index (κ2) is 24.8. The van der Waals surface area contributed by atoms with Crippen LogP contribution in [-0.2, 0) is 4.74 Å². The molecule has 5 aromatic rings. The summed E-state index contributed by atoms with van der Waals surface area (Å²) in [5, 5.41) is 6.15. The first kappa shape index (κ1) is 42.7. The number of nitrogens with zero attached hydrogens (tertiary/aromatic N) is 2. The van der Waals surface area contributed by atoms with Gasteiger partial charge in [-0.25, -0.2) is 0 Å². The summed E-state index contributed by atoms with van der Waals surface area (Å²) < 4.78 is 4.25. The minimum absolute atomic E-state index is 0.118. The Balaban J connectivity index is 0.00000122. The fraction of sp³-hybridized carbons (Fsp3) is 0.378. The van der Waals surface area contributed by atoms with Crippen molar-refractivity contribution in [2.24, 2.45) is 0 Å². The number of methoxy groups -OCH3 is 1. The molecule has 0 aliphatic rings. The van der Waals surface area contributed by atoms with Crippen molar-refractivity contribution in [3.05, 3.63) is 132 Å². The van der Waals surface area contributed by atoms with Gasteiger partial charge in [0, 0.05) is 74.5 Å². The third-order valence-electron chi connectivity index (χ3n) is 8.03. The van der Waals surface area contributed by atoms with Gasteiger partial charge in [-0.15, -0.1) is 0 Å². The van der Waals surface area contributed by atoms with E-state index in [1.54, 1.807) is 14.2 Å². The molecule has 4 heteroatoms. The molecule has 0 saturated heterocycles. The smallest absolute Gasteiger partial charge is 0.0464 e. The van der Waals surface area contributed by atoms with Gasteiger partial charge in [-0.1, -0.05) is 114 Å². The van der Waals surface area contributed by atoms with Gasteiger partial charge >= 0.3 is 0 Å². The van der Waals surface area contributed by atoms with Gasteiger partial charge in [-0.05, 0) is 92.2 Å². The first-order valence-electron chi connectivity index (χ1n) is 18.5. The van der Waals surface area contributed by atoms with Crippen molar-refractivity contribution in [3.8, 4) is 0 Å². The zero-order valence-corrected chi connectivity index (χ0v) is 32.7. The highest BCUT2D eigenvalue weighted by Crippen LogP contribution is 2.40. The van der Waals surface area contributed by atoms with E-state index in [9.17, 15) is 0 Å². The number of anilines is 4. The quantitative estimate of drug-likeness (QED) is 0.142. The molecular formula is C45H65N3O. The molecule has 0 aromatic heterocycles. The lowest BCUT2D eigenvalue weighted by molar-refractivity contribution is 0.277. The molecule has 0 unspecified atom stereocenters. The summed E-state index contributed by atoms with van der Waals surface area (Å²) in [7, 11) is 3.25. The van der Waals surface area contributed by atoms with Crippen LogP contribution >= 0.6 is 0 Å². The molecule has 0 amide bonds. The van der Waals surface area contributed by atoms with Crippen molar-refractivity contribution >= 4 is 33.5 Å². The molecule has 5 rings (SSSR count). The average Bonchev–Trinajstić information content (AvgIpc) is 3.18. The van der Waals surface area contributed by atoms with Crippen LogP contribution in [0, 0.1) is 0 Å². The number of ether oxygens (including phenoxy) is 1. The topological polar surface area (TPSA) is 27.7 Å². The van der Waals surface area contributed by atoms with Crippen LogP contribution in [-0.4, -0.2) is 40.4 Å². The Morgan fingerprint density at radius 1 is 0.490 bits per heavy atom. The molecule has 0 spiro atoms.